The van der Waals surface area contributed by atoms with Crippen LogP contribution in [0.4, 0.5) is 0 Å². The molecule has 0 aliphatic rings. The smallest absolute Gasteiger partial charge is 0.373 e. The molecule has 0 bridgehead atoms. The van der Waals surface area contributed by atoms with Gasteiger partial charge in [-0.1, -0.05) is 0 Å². The van der Waals surface area contributed by atoms with E-state index < -0.39 is 5.97 Å². The van der Waals surface area contributed by atoms with Gasteiger partial charge >= 0.3 is 5.97 Å². The van der Waals surface area contributed by atoms with E-state index in [1.807, 2.05) is 0 Å². The molecule has 0 saturated carbocycles. The predicted molar refractivity (Wildman–Crippen MR) is 48.8 cm³/mol. The molecule has 78 valence electrons. The zero-order valence-electron chi connectivity index (χ0n) is 7.95. The molecule has 0 aliphatic heterocycles. The normalized spacial score (nSPS) is 10.1. The van der Waals surface area contributed by atoms with Crippen LogP contribution < -0.4 is 5.32 Å². The Morgan fingerprint density at radius 1 is 1.64 bits per heavy atom. The number of carbonyl (C=O) groups excluding carboxylic acids is 1. The number of methoxy groups -OCH3 is 1. The fourth-order valence-corrected chi connectivity index (χ4v) is 0.974. The highest BCUT2D eigenvalue weighted by molar-refractivity contribution is 5.86. The van der Waals surface area contributed by atoms with Crippen molar-refractivity contribution in [2.24, 2.45) is 0 Å². The van der Waals surface area contributed by atoms with E-state index >= 15 is 0 Å². The molecule has 0 unspecified atom stereocenters. The van der Waals surface area contributed by atoms with Crippen molar-refractivity contribution in [3.63, 3.8) is 0 Å². The highest BCUT2D eigenvalue weighted by Gasteiger charge is 2.10. The van der Waals surface area contributed by atoms with Crippen molar-refractivity contribution in [1.82, 2.24) is 5.32 Å². The highest BCUT2D eigenvalue weighted by Crippen LogP contribution is 2.08. The van der Waals surface area contributed by atoms with Gasteiger partial charge in [0.25, 0.3) is 0 Å². The molecular weight excluding hydrogens is 186 g/mol. The Kier molecular flexibility index (Phi) is 4.15. The van der Waals surface area contributed by atoms with Crippen molar-refractivity contribution >= 4 is 5.97 Å². The Morgan fingerprint density at radius 2 is 2.43 bits per heavy atom. The highest BCUT2D eigenvalue weighted by atomic mass is 16.5. The minimum absolute atomic E-state index is 0.0740. The minimum Gasteiger partial charge on any atom is -0.463 e. The van der Waals surface area contributed by atoms with Gasteiger partial charge in [0, 0.05) is 6.54 Å². The summed E-state index contributed by atoms with van der Waals surface area (Å²) < 4.78 is 9.65. The molecule has 0 amide bonds. The Hall–Kier alpha value is -1.33. The van der Waals surface area contributed by atoms with Crippen molar-refractivity contribution in [3.8, 4) is 0 Å². The molecule has 0 spiro atoms. The van der Waals surface area contributed by atoms with Crippen molar-refractivity contribution < 1.29 is 19.1 Å². The summed E-state index contributed by atoms with van der Waals surface area (Å²) in [4.78, 5) is 11.0. The molecular formula is C9H13NO4. The summed E-state index contributed by atoms with van der Waals surface area (Å²) in [6, 6.07) is 3.25. The second-order valence-electron chi connectivity index (χ2n) is 2.66. The lowest BCUT2D eigenvalue weighted by atomic mass is 10.4. The Bertz CT molecular complexity index is 295. The lowest BCUT2D eigenvalue weighted by molar-refractivity contribution is 0.0563. The van der Waals surface area contributed by atoms with Crippen LogP contribution in [0.5, 0.6) is 0 Å². The fourth-order valence-electron chi connectivity index (χ4n) is 0.974. The monoisotopic (exact) mass is 199 g/mol. The van der Waals surface area contributed by atoms with Gasteiger partial charge in [0.2, 0.25) is 5.76 Å². The van der Waals surface area contributed by atoms with Crippen molar-refractivity contribution in [2.45, 2.75) is 6.54 Å². The number of aliphatic hydroxyl groups excluding tert-OH is 1. The average molecular weight is 199 g/mol. The second kappa shape index (κ2) is 5.41. The summed E-state index contributed by atoms with van der Waals surface area (Å²) in [7, 11) is 1.30. The zero-order valence-corrected chi connectivity index (χ0v) is 7.95. The van der Waals surface area contributed by atoms with Gasteiger partial charge in [-0.3, -0.25) is 0 Å². The predicted octanol–water partition coefficient (Wildman–Crippen LogP) is 0.148. The molecule has 1 rings (SSSR count). The van der Waals surface area contributed by atoms with Crippen LogP contribution in [0.2, 0.25) is 0 Å². The molecule has 1 aromatic rings. The van der Waals surface area contributed by atoms with Crippen LogP contribution in [0.25, 0.3) is 0 Å². The molecule has 0 saturated heterocycles. The Balaban J connectivity index is 2.46. The third-order valence-corrected chi connectivity index (χ3v) is 1.64. The van der Waals surface area contributed by atoms with Crippen LogP contribution in [-0.4, -0.2) is 31.3 Å². The van der Waals surface area contributed by atoms with E-state index in [1.54, 1.807) is 12.1 Å². The van der Waals surface area contributed by atoms with E-state index in [2.05, 4.69) is 10.1 Å². The number of nitrogens with one attached hydrogen (secondary N) is 1. The van der Waals surface area contributed by atoms with Crippen LogP contribution in [0, 0.1) is 0 Å². The van der Waals surface area contributed by atoms with Crippen molar-refractivity contribution in [3.05, 3.63) is 23.7 Å². The van der Waals surface area contributed by atoms with Crippen LogP contribution in [0.1, 0.15) is 16.3 Å². The molecule has 1 heterocycles. The van der Waals surface area contributed by atoms with Crippen LogP contribution in [0.3, 0.4) is 0 Å². The first kappa shape index (κ1) is 10.7. The number of ether oxygens (including phenoxy) is 1. The molecule has 0 atom stereocenters. The molecule has 2 N–H and O–H groups in total. The number of rotatable bonds is 5. The molecule has 5 nitrogen and oxygen atoms in total. The van der Waals surface area contributed by atoms with E-state index in [-0.39, 0.29) is 12.4 Å². The number of carbonyl (C=O) groups is 1. The summed E-state index contributed by atoms with van der Waals surface area (Å²) >= 11 is 0. The first-order chi connectivity index (χ1) is 6.77. The molecule has 0 aliphatic carbocycles. The van der Waals surface area contributed by atoms with E-state index in [9.17, 15) is 4.79 Å². The van der Waals surface area contributed by atoms with Crippen molar-refractivity contribution in [2.75, 3.05) is 20.3 Å². The standard InChI is InChI=1S/C9H13NO4/c1-13-9(12)8-3-2-7(14-8)6-10-4-5-11/h2-3,10-11H,4-6H2,1H3. The Morgan fingerprint density at radius 3 is 3.07 bits per heavy atom. The van der Waals surface area contributed by atoms with Gasteiger partial charge in [0.1, 0.15) is 5.76 Å². The molecule has 0 aromatic carbocycles. The number of esters is 1. The third-order valence-electron chi connectivity index (χ3n) is 1.64. The van der Waals surface area contributed by atoms with Crippen LogP contribution >= 0.6 is 0 Å². The van der Waals surface area contributed by atoms with Gasteiger partial charge in [0.15, 0.2) is 0 Å². The lowest BCUT2D eigenvalue weighted by Gasteiger charge is -1.98. The van der Waals surface area contributed by atoms with E-state index in [4.69, 9.17) is 9.52 Å². The molecule has 14 heavy (non-hydrogen) atoms. The summed E-state index contributed by atoms with van der Waals surface area (Å²) in [5, 5.41) is 11.4. The van der Waals surface area contributed by atoms with Gasteiger partial charge in [-0.15, -0.1) is 0 Å². The van der Waals surface area contributed by atoms with E-state index in [1.165, 1.54) is 7.11 Å². The fraction of sp³-hybridized carbons (Fsp3) is 0.444. The topological polar surface area (TPSA) is 71.7 Å². The van der Waals surface area contributed by atoms with Crippen LogP contribution in [-0.2, 0) is 11.3 Å². The number of aliphatic hydroxyl groups is 1. The lowest BCUT2D eigenvalue weighted by Crippen LogP contribution is -2.16. The van der Waals surface area contributed by atoms with E-state index in [0.717, 1.165) is 0 Å². The van der Waals surface area contributed by atoms with Crippen molar-refractivity contribution in [1.29, 1.82) is 0 Å². The Labute approximate surface area is 81.7 Å². The molecule has 1 aromatic heterocycles. The van der Waals surface area contributed by atoms with Crippen LogP contribution in [0.15, 0.2) is 16.5 Å². The van der Waals surface area contributed by atoms with E-state index in [0.29, 0.717) is 18.8 Å². The number of hydrogen-bond donors (Lipinski definition) is 2. The minimum atomic E-state index is -0.488. The molecule has 0 radical (unpaired) electrons. The maximum Gasteiger partial charge on any atom is 0.373 e. The first-order valence-electron chi connectivity index (χ1n) is 4.26. The largest absolute Gasteiger partial charge is 0.463 e. The summed E-state index contributed by atoms with van der Waals surface area (Å²) in [6.45, 7) is 1.05. The summed E-state index contributed by atoms with van der Waals surface area (Å²) in [6.07, 6.45) is 0. The average Bonchev–Trinajstić information content (AvgIpc) is 2.66. The van der Waals surface area contributed by atoms with Gasteiger partial charge in [0.05, 0.1) is 20.3 Å². The summed E-state index contributed by atoms with van der Waals surface area (Å²) in [5.41, 5.74) is 0. The first-order valence-corrected chi connectivity index (χ1v) is 4.26. The maximum absolute atomic E-state index is 11.0. The number of furan rings is 1. The SMILES string of the molecule is COC(=O)c1ccc(CNCCO)o1. The number of hydrogen-bond acceptors (Lipinski definition) is 5. The quantitative estimate of drug-likeness (QED) is 0.521. The van der Waals surface area contributed by atoms with Gasteiger partial charge in [-0.05, 0) is 12.1 Å². The maximum atomic E-state index is 11.0. The summed E-state index contributed by atoms with van der Waals surface area (Å²) in [5.74, 6) is 0.338. The zero-order chi connectivity index (χ0) is 10.4. The van der Waals surface area contributed by atoms with Gasteiger partial charge in [-0.2, -0.15) is 0 Å². The molecule has 5 heteroatoms. The van der Waals surface area contributed by atoms with Gasteiger partial charge in [-0.25, -0.2) is 4.79 Å². The third kappa shape index (κ3) is 2.86. The molecule has 0 fully saturated rings. The second-order valence-corrected chi connectivity index (χ2v) is 2.66. The van der Waals surface area contributed by atoms with Gasteiger partial charge < -0.3 is 19.6 Å².